The highest BCUT2D eigenvalue weighted by atomic mass is 32.2. The lowest BCUT2D eigenvalue weighted by atomic mass is 10.1. The van der Waals surface area contributed by atoms with Crippen LogP contribution in [0.3, 0.4) is 0 Å². The Balaban J connectivity index is 1.50. The molecular formula is C24H24FNO5S. The first kappa shape index (κ1) is 22.3. The van der Waals surface area contributed by atoms with E-state index < -0.39 is 10.0 Å². The summed E-state index contributed by atoms with van der Waals surface area (Å²) in [5, 5.41) is 0. The van der Waals surface area contributed by atoms with Crippen LogP contribution in [-0.2, 0) is 34.5 Å². The van der Waals surface area contributed by atoms with E-state index in [1.807, 2.05) is 18.2 Å². The second-order valence-corrected chi connectivity index (χ2v) is 9.33. The van der Waals surface area contributed by atoms with Crippen LogP contribution in [0.15, 0.2) is 71.6 Å². The summed E-state index contributed by atoms with van der Waals surface area (Å²) in [7, 11) is -2.23. The molecule has 3 aromatic carbocycles. The van der Waals surface area contributed by atoms with Crippen LogP contribution in [0.2, 0.25) is 0 Å². The van der Waals surface area contributed by atoms with Crippen molar-refractivity contribution in [3.8, 4) is 11.5 Å². The summed E-state index contributed by atoms with van der Waals surface area (Å²) in [6, 6.07) is 18.5. The van der Waals surface area contributed by atoms with Gasteiger partial charge in [-0.3, -0.25) is 0 Å². The van der Waals surface area contributed by atoms with Crippen LogP contribution >= 0.6 is 0 Å². The van der Waals surface area contributed by atoms with Gasteiger partial charge in [0, 0.05) is 30.3 Å². The second-order valence-electron chi connectivity index (χ2n) is 7.39. The van der Waals surface area contributed by atoms with Crippen LogP contribution in [0.4, 0.5) is 4.39 Å². The number of benzene rings is 3. The number of halogens is 1. The molecule has 4 rings (SSSR count). The van der Waals surface area contributed by atoms with Crippen LogP contribution in [-0.4, -0.2) is 33.0 Å². The zero-order chi connectivity index (χ0) is 22.6. The summed E-state index contributed by atoms with van der Waals surface area (Å²) >= 11 is 0. The van der Waals surface area contributed by atoms with Crippen molar-refractivity contribution in [3.05, 3.63) is 89.2 Å². The normalized spacial score (nSPS) is 14.3. The molecule has 0 radical (unpaired) electrons. The molecule has 168 valence electrons. The van der Waals surface area contributed by atoms with Crippen LogP contribution < -0.4 is 9.47 Å². The minimum Gasteiger partial charge on any atom is -0.497 e. The molecule has 0 saturated carbocycles. The van der Waals surface area contributed by atoms with E-state index in [0.29, 0.717) is 17.1 Å². The van der Waals surface area contributed by atoms with E-state index >= 15 is 0 Å². The Morgan fingerprint density at radius 2 is 1.88 bits per heavy atom. The lowest BCUT2D eigenvalue weighted by Gasteiger charge is -2.20. The van der Waals surface area contributed by atoms with Crippen molar-refractivity contribution in [2.75, 3.05) is 20.3 Å². The van der Waals surface area contributed by atoms with Crippen molar-refractivity contribution in [3.63, 3.8) is 0 Å². The van der Waals surface area contributed by atoms with Crippen molar-refractivity contribution in [2.24, 2.45) is 0 Å². The molecule has 6 nitrogen and oxygen atoms in total. The van der Waals surface area contributed by atoms with Gasteiger partial charge in [-0.1, -0.05) is 30.3 Å². The van der Waals surface area contributed by atoms with Gasteiger partial charge in [-0.15, -0.1) is 0 Å². The zero-order valence-electron chi connectivity index (χ0n) is 17.7. The number of rotatable bonds is 7. The highest BCUT2D eigenvalue weighted by molar-refractivity contribution is 7.89. The Bertz CT molecular complexity index is 1200. The average Bonchev–Trinajstić information content (AvgIpc) is 3.03. The highest BCUT2D eigenvalue weighted by Crippen LogP contribution is 2.29. The minimum atomic E-state index is -3.73. The molecule has 0 aliphatic carbocycles. The van der Waals surface area contributed by atoms with E-state index in [1.165, 1.54) is 23.5 Å². The quantitative estimate of drug-likeness (QED) is 0.534. The molecule has 0 spiro atoms. The first-order valence-corrected chi connectivity index (χ1v) is 11.6. The highest BCUT2D eigenvalue weighted by Gasteiger charge is 2.28. The Morgan fingerprint density at radius 1 is 1.03 bits per heavy atom. The monoisotopic (exact) mass is 457 g/mol. The van der Waals surface area contributed by atoms with Gasteiger partial charge in [-0.05, 0) is 35.9 Å². The number of hydrogen-bond acceptors (Lipinski definition) is 5. The smallest absolute Gasteiger partial charge is 0.243 e. The Labute approximate surface area is 187 Å². The fourth-order valence-corrected chi connectivity index (χ4v) is 4.96. The Kier molecular flexibility index (Phi) is 6.74. The van der Waals surface area contributed by atoms with Gasteiger partial charge >= 0.3 is 0 Å². The molecular weight excluding hydrogens is 433 g/mol. The van der Waals surface area contributed by atoms with Crippen LogP contribution in [0.1, 0.15) is 16.7 Å². The van der Waals surface area contributed by atoms with E-state index in [2.05, 4.69) is 0 Å². The van der Waals surface area contributed by atoms with E-state index in [1.54, 1.807) is 36.4 Å². The van der Waals surface area contributed by atoms with E-state index in [9.17, 15) is 12.8 Å². The third-order valence-corrected chi connectivity index (χ3v) is 7.07. The van der Waals surface area contributed by atoms with Crippen molar-refractivity contribution in [1.82, 2.24) is 4.31 Å². The summed E-state index contributed by atoms with van der Waals surface area (Å²) in [6.07, 6.45) is 0. The first-order chi connectivity index (χ1) is 15.5. The maximum atomic E-state index is 13.8. The predicted octanol–water partition coefficient (Wildman–Crippen LogP) is 4.13. The maximum absolute atomic E-state index is 13.8. The third-order valence-electron chi connectivity index (χ3n) is 5.23. The molecule has 0 atom stereocenters. The fourth-order valence-electron chi connectivity index (χ4n) is 3.52. The number of methoxy groups -OCH3 is 1. The first-order valence-electron chi connectivity index (χ1n) is 10.2. The van der Waals surface area contributed by atoms with Gasteiger partial charge in [0.1, 0.15) is 23.9 Å². The molecule has 32 heavy (non-hydrogen) atoms. The molecule has 0 saturated heterocycles. The lowest BCUT2D eigenvalue weighted by molar-refractivity contribution is 0.105. The standard InChI is InChI=1S/C24H24FNO5S/c1-29-21-6-4-7-22(14-21)32(27,28)26-11-12-31-24-10-9-18(13-20(24)15-26)16-30-17-19-5-2-3-8-23(19)25/h2-10,13-14H,11-12,15-17H2,1H3. The Hall–Kier alpha value is -2.94. The molecule has 0 amide bonds. The van der Waals surface area contributed by atoms with E-state index in [-0.39, 0.29) is 43.6 Å². The molecule has 0 aromatic heterocycles. The van der Waals surface area contributed by atoms with Gasteiger partial charge in [0.25, 0.3) is 0 Å². The summed E-state index contributed by atoms with van der Waals surface area (Å²) in [5.74, 6) is 0.819. The average molecular weight is 458 g/mol. The summed E-state index contributed by atoms with van der Waals surface area (Å²) in [6.45, 7) is 1.07. The topological polar surface area (TPSA) is 65.1 Å². The summed E-state index contributed by atoms with van der Waals surface area (Å²) in [4.78, 5) is 0.171. The Morgan fingerprint density at radius 3 is 2.69 bits per heavy atom. The predicted molar refractivity (Wildman–Crippen MR) is 117 cm³/mol. The SMILES string of the molecule is COc1cccc(S(=O)(=O)N2CCOc3ccc(COCc4ccccc4F)cc3C2)c1. The van der Waals surface area contributed by atoms with Gasteiger partial charge in [-0.25, -0.2) is 12.8 Å². The second kappa shape index (κ2) is 9.68. The molecule has 1 aliphatic heterocycles. The van der Waals surface area contributed by atoms with Crippen LogP contribution in [0.5, 0.6) is 11.5 Å². The number of hydrogen-bond donors (Lipinski definition) is 0. The van der Waals surface area contributed by atoms with Crippen molar-refractivity contribution < 1.29 is 27.0 Å². The number of ether oxygens (including phenoxy) is 3. The van der Waals surface area contributed by atoms with E-state index in [4.69, 9.17) is 14.2 Å². The fraction of sp³-hybridized carbons (Fsp3) is 0.250. The zero-order valence-corrected chi connectivity index (χ0v) is 18.5. The molecule has 0 fully saturated rings. The molecule has 3 aromatic rings. The largest absolute Gasteiger partial charge is 0.497 e. The van der Waals surface area contributed by atoms with Gasteiger partial charge in [0.05, 0.1) is 25.2 Å². The maximum Gasteiger partial charge on any atom is 0.243 e. The van der Waals surface area contributed by atoms with Gasteiger partial charge in [0.2, 0.25) is 10.0 Å². The molecule has 1 aliphatic rings. The van der Waals surface area contributed by atoms with Crippen LogP contribution in [0.25, 0.3) is 0 Å². The van der Waals surface area contributed by atoms with Gasteiger partial charge < -0.3 is 14.2 Å². The van der Waals surface area contributed by atoms with Gasteiger partial charge in [-0.2, -0.15) is 4.31 Å². The number of sulfonamides is 1. The molecule has 0 unspecified atom stereocenters. The van der Waals surface area contributed by atoms with Crippen molar-refractivity contribution >= 4 is 10.0 Å². The molecule has 8 heteroatoms. The lowest BCUT2D eigenvalue weighted by Crippen LogP contribution is -2.32. The van der Waals surface area contributed by atoms with Crippen molar-refractivity contribution in [2.45, 2.75) is 24.7 Å². The minimum absolute atomic E-state index is 0.149. The summed E-state index contributed by atoms with van der Waals surface area (Å²) < 4.78 is 58.2. The molecule has 0 N–H and O–H groups in total. The van der Waals surface area contributed by atoms with Crippen LogP contribution in [0, 0.1) is 5.82 Å². The molecule has 0 bridgehead atoms. The van der Waals surface area contributed by atoms with Crippen molar-refractivity contribution in [1.29, 1.82) is 0 Å². The van der Waals surface area contributed by atoms with E-state index in [0.717, 1.165) is 11.1 Å². The number of fused-ring (bicyclic) bond motifs is 1. The number of nitrogens with zero attached hydrogens (tertiary/aromatic N) is 1. The van der Waals surface area contributed by atoms with Gasteiger partial charge in [0.15, 0.2) is 0 Å². The third kappa shape index (κ3) is 4.93. The summed E-state index contributed by atoms with van der Waals surface area (Å²) in [5.41, 5.74) is 2.09. The molecule has 1 heterocycles.